The summed E-state index contributed by atoms with van der Waals surface area (Å²) in [6, 6.07) is 0. The van der Waals surface area contributed by atoms with Gasteiger partial charge in [0, 0.05) is 13.0 Å². The molecule has 0 aliphatic carbocycles. The zero-order valence-corrected chi connectivity index (χ0v) is 12.4. The summed E-state index contributed by atoms with van der Waals surface area (Å²) in [6.07, 6.45) is 20.5. The lowest BCUT2D eigenvalue weighted by Gasteiger charge is -1.98. The number of aliphatic hydroxyl groups excluding tert-OH is 2. The van der Waals surface area contributed by atoms with Crippen molar-refractivity contribution in [2.45, 2.75) is 51.4 Å². The quantitative estimate of drug-likeness (QED) is 0.261. The summed E-state index contributed by atoms with van der Waals surface area (Å²) >= 11 is 0. The Balaban J connectivity index is 3.34. The maximum atomic E-state index is 8.64. The molecule has 0 amide bonds. The molecule has 0 rings (SSSR count). The van der Waals surface area contributed by atoms with Gasteiger partial charge >= 0.3 is 0 Å². The molecule has 0 aromatic carbocycles. The van der Waals surface area contributed by atoms with E-state index in [1.54, 1.807) is 18.2 Å². The molecule has 0 aromatic heterocycles. The fourth-order valence-electron chi connectivity index (χ4n) is 1.70. The Kier molecular flexibility index (Phi) is 16.5. The van der Waals surface area contributed by atoms with Crippen molar-refractivity contribution in [1.82, 2.24) is 0 Å². The van der Waals surface area contributed by atoms with Crippen molar-refractivity contribution in [3.63, 3.8) is 0 Å². The smallest absolute Gasteiger partial charge is 0.0615 e. The number of aliphatic hydroxyl groups is 2. The molecule has 2 nitrogen and oxygen atoms in total. The third kappa shape index (κ3) is 16.7. The summed E-state index contributed by atoms with van der Waals surface area (Å²) in [4.78, 5) is 0. The Hall–Kier alpha value is -1.30. The highest BCUT2D eigenvalue weighted by Crippen LogP contribution is 2.07. The third-order valence-electron chi connectivity index (χ3n) is 2.80. The van der Waals surface area contributed by atoms with E-state index < -0.39 is 0 Å². The summed E-state index contributed by atoms with van der Waals surface area (Å²) in [5.41, 5.74) is 0. The SMILES string of the molecule is OC/C=C/C=C/C#CC/C=C\CCCCCCCCO. The molecule has 0 fully saturated rings. The van der Waals surface area contributed by atoms with Crippen LogP contribution in [0, 0.1) is 11.8 Å². The second kappa shape index (κ2) is 17.7. The Morgan fingerprint density at radius 2 is 1.50 bits per heavy atom. The molecule has 2 N–H and O–H groups in total. The predicted molar refractivity (Wildman–Crippen MR) is 86.3 cm³/mol. The number of hydrogen-bond acceptors (Lipinski definition) is 2. The zero-order valence-electron chi connectivity index (χ0n) is 12.4. The molecule has 0 aliphatic rings. The van der Waals surface area contributed by atoms with E-state index in [4.69, 9.17) is 10.2 Å². The van der Waals surface area contributed by atoms with Gasteiger partial charge in [0.05, 0.1) is 6.61 Å². The number of rotatable bonds is 11. The Bertz CT molecular complexity index is 329. The van der Waals surface area contributed by atoms with Crippen LogP contribution in [0.2, 0.25) is 0 Å². The molecule has 0 bridgehead atoms. The van der Waals surface area contributed by atoms with E-state index in [-0.39, 0.29) is 6.61 Å². The number of allylic oxidation sites excluding steroid dienone is 5. The molecule has 0 spiro atoms. The first-order chi connectivity index (χ1) is 9.91. The summed E-state index contributed by atoms with van der Waals surface area (Å²) in [5.74, 6) is 5.98. The zero-order chi connectivity index (χ0) is 14.7. The van der Waals surface area contributed by atoms with Crippen LogP contribution in [-0.4, -0.2) is 23.4 Å². The van der Waals surface area contributed by atoms with Crippen LogP contribution in [0.15, 0.2) is 36.5 Å². The van der Waals surface area contributed by atoms with Crippen LogP contribution in [0.25, 0.3) is 0 Å². The summed E-state index contributed by atoms with van der Waals surface area (Å²) in [5, 5.41) is 17.1. The van der Waals surface area contributed by atoms with Crippen LogP contribution in [0.1, 0.15) is 51.4 Å². The van der Waals surface area contributed by atoms with E-state index >= 15 is 0 Å². The Morgan fingerprint density at radius 1 is 0.750 bits per heavy atom. The minimum Gasteiger partial charge on any atom is -0.396 e. The maximum Gasteiger partial charge on any atom is 0.0615 e. The van der Waals surface area contributed by atoms with Gasteiger partial charge in [0.1, 0.15) is 0 Å². The second-order valence-corrected chi connectivity index (χ2v) is 4.60. The molecule has 0 aliphatic heterocycles. The van der Waals surface area contributed by atoms with Gasteiger partial charge in [-0.25, -0.2) is 0 Å². The minimum absolute atomic E-state index is 0.0714. The average Bonchev–Trinajstić information content (AvgIpc) is 2.47. The molecular weight excluding hydrogens is 248 g/mol. The molecule has 0 saturated heterocycles. The fourth-order valence-corrected chi connectivity index (χ4v) is 1.70. The van der Waals surface area contributed by atoms with Gasteiger partial charge in [-0.05, 0) is 25.3 Å². The van der Waals surface area contributed by atoms with Gasteiger partial charge in [-0.3, -0.25) is 0 Å². The normalized spacial score (nSPS) is 11.5. The van der Waals surface area contributed by atoms with Gasteiger partial charge in [-0.15, -0.1) is 0 Å². The Labute approximate surface area is 123 Å². The molecule has 112 valence electrons. The highest BCUT2D eigenvalue weighted by molar-refractivity contribution is 5.20. The van der Waals surface area contributed by atoms with E-state index in [0.29, 0.717) is 6.61 Å². The molecule has 0 aromatic rings. The molecule has 0 radical (unpaired) electrons. The third-order valence-corrected chi connectivity index (χ3v) is 2.80. The van der Waals surface area contributed by atoms with E-state index in [0.717, 1.165) is 25.7 Å². The average molecular weight is 276 g/mol. The lowest BCUT2D eigenvalue weighted by molar-refractivity contribution is 0.282. The van der Waals surface area contributed by atoms with E-state index in [9.17, 15) is 0 Å². The molecule has 2 heteroatoms. The van der Waals surface area contributed by atoms with Crippen LogP contribution in [-0.2, 0) is 0 Å². The van der Waals surface area contributed by atoms with Crippen molar-refractivity contribution >= 4 is 0 Å². The molecular formula is C18H28O2. The van der Waals surface area contributed by atoms with Gasteiger partial charge < -0.3 is 10.2 Å². The van der Waals surface area contributed by atoms with Crippen molar-refractivity contribution in [3.05, 3.63) is 36.5 Å². The van der Waals surface area contributed by atoms with Crippen molar-refractivity contribution < 1.29 is 10.2 Å². The van der Waals surface area contributed by atoms with E-state index in [1.165, 1.54) is 25.7 Å². The minimum atomic E-state index is 0.0714. The van der Waals surface area contributed by atoms with Crippen molar-refractivity contribution in [1.29, 1.82) is 0 Å². The predicted octanol–water partition coefficient (Wildman–Crippen LogP) is 3.76. The summed E-state index contributed by atoms with van der Waals surface area (Å²) < 4.78 is 0. The fraction of sp³-hybridized carbons (Fsp3) is 0.556. The first-order valence-corrected chi connectivity index (χ1v) is 7.58. The largest absolute Gasteiger partial charge is 0.396 e. The first kappa shape index (κ1) is 18.7. The van der Waals surface area contributed by atoms with Gasteiger partial charge in [0.25, 0.3) is 0 Å². The first-order valence-electron chi connectivity index (χ1n) is 7.58. The van der Waals surface area contributed by atoms with Crippen molar-refractivity contribution in [2.24, 2.45) is 0 Å². The topological polar surface area (TPSA) is 40.5 Å². The molecule has 20 heavy (non-hydrogen) atoms. The summed E-state index contributed by atoms with van der Waals surface area (Å²) in [7, 11) is 0. The van der Waals surface area contributed by atoms with Crippen LogP contribution in [0.3, 0.4) is 0 Å². The molecule has 0 saturated carbocycles. The van der Waals surface area contributed by atoms with Gasteiger partial charge in [-0.1, -0.05) is 67.9 Å². The van der Waals surface area contributed by atoms with Gasteiger partial charge in [0.2, 0.25) is 0 Å². The highest BCUT2D eigenvalue weighted by Gasteiger charge is 1.89. The highest BCUT2D eigenvalue weighted by atomic mass is 16.3. The lowest BCUT2D eigenvalue weighted by atomic mass is 10.1. The van der Waals surface area contributed by atoms with Crippen LogP contribution < -0.4 is 0 Å². The monoisotopic (exact) mass is 276 g/mol. The van der Waals surface area contributed by atoms with Crippen molar-refractivity contribution in [2.75, 3.05) is 13.2 Å². The van der Waals surface area contributed by atoms with E-state index in [1.807, 2.05) is 6.08 Å². The molecule has 0 atom stereocenters. The van der Waals surface area contributed by atoms with Crippen molar-refractivity contribution in [3.8, 4) is 11.8 Å². The van der Waals surface area contributed by atoms with E-state index in [2.05, 4.69) is 24.0 Å². The Morgan fingerprint density at radius 3 is 2.25 bits per heavy atom. The number of hydrogen-bond donors (Lipinski definition) is 2. The molecule has 0 unspecified atom stereocenters. The van der Waals surface area contributed by atoms with Crippen LogP contribution in [0.4, 0.5) is 0 Å². The van der Waals surface area contributed by atoms with Gasteiger partial charge in [-0.2, -0.15) is 0 Å². The standard InChI is InChI=1S/C18H28O2/c19-17-15-13-11-9-7-5-3-1-2-4-6-8-10-12-14-16-18-20/h1-2,10,12,14,16,19-20H,3-5,7,9,11,13,15,17-18H2/b2-1-,12-10+,16-14+. The maximum absolute atomic E-state index is 8.64. The van der Waals surface area contributed by atoms with Crippen LogP contribution >= 0.6 is 0 Å². The van der Waals surface area contributed by atoms with Gasteiger partial charge in [0.15, 0.2) is 0 Å². The molecule has 0 heterocycles. The second-order valence-electron chi connectivity index (χ2n) is 4.60. The summed E-state index contributed by atoms with van der Waals surface area (Å²) in [6.45, 7) is 0.401. The number of unbranched alkanes of at least 4 members (excludes halogenated alkanes) is 6. The van der Waals surface area contributed by atoms with Crippen LogP contribution in [0.5, 0.6) is 0 Å². The lowest BCUT2D eigenvalue weighted by Crippen LogP contribution is -1.83.